The van der Waals surface area contributed by atoms with Crippen LogP contribution in [0.4, 0.5) is 0 Å². The summed E-state index contributed by atoms with van der Waals surface area (Å²) in [5.41, 5.74) is 0. The highest BCUT2D eigenvalue weighted by atomic mass is 32.1. The Hall–Kier alpha value is -0.520. The monoisotopic (exact) mass is 285 g/mol. The maximum absolute atomic E-state index is 12.3. The van der Waals surface area contributed by atoms with E-state index in [2.05, 4.69) is 19.6 Å². The molecule has 1 amide bonds. The second kappa shape index (κ2) is 6.59. The van der Waals surface area contributed by atoms with E-state index in [9.17, 15) is 4.79 Å². The maximum atomic E-state index is 12.3. The smallest absolute Gasteiger partial charge is 0.264 e. The number of rotatable bonds is 4. The summed E-state index contributed by atoms with van der Waals surface area (Å²) in [6.07, 6.45) is 3.32. The van der Waals surface area contributed by atoms with Crippen LogP contribution in [0.2, 0.25) is 0 Å². The molecule has 2 heterocycles. The standard InChI is InChI=1S/C13H19NO2S2/c1-2-6-16-10-4-3-5-14(8-10)13(15)12-7-11(17)9-18-12/h7,9-10,17H,2-6,8H2,1H3. The fourth-order valence-corrected chi connectivity index (χ4v) is 3.25. The van der Waals surface area contributed by atoms with Crippen LogP contribution in [0.5, 0.6) is 0 Å². The molecule has 0 spiro atoms. The van der Waals surface area contributed by atoms with Gasteiger partial charge in [0.25, 0.3) is 5.91 Å². The third-order valence-corrected chi connectivity index (χ3v) is 4.37. The number of carbonyl (C=O) groups is 1. The average molecular weight is 285 g/mol. The summed E-state index contributed by atoms with van der Waals surface area (Å²) in [6.45, 7) is 4.45. The molecule has 5 heteroatoms. The van der Waals surface area contributed by atoms with E-state index in [0.717, 1.165) is 48.7 Å². The SMILES string of the molecule is CCCOC1CCCN(C(=O)c2cc(S)cs2)C1. The van der Waals surface area contributed by atoms with E-state index in [1.807, 2.05) is 16.3 Å². The average Bonchev–Trinajstić information content (AvgIpc) is 2.82. The van der Waals surface area contributed by atoms with Crippen LogP contribution in [0.15, 0.2) is 16.3 Å². The van der Waals surface area contributed by atoms with E-state index in [1.165, 1.54) is 11.3 Å². The quantitative estimate of drug-likeness (QED) is 0.862. The van der Waals surface area contributed by atoms with Crippen molar-refractivity contribution in [2.45, 2.75) is 37.2 Å². The fraction of sp³-hybridized carbons (Fsp3) is 0.615. The predicted molar refractivity (Wildman–Crippen MR) is 76.7 cm³/mol. The highest BCUT2D eigenvalue weighted by Gasteiger charge is 2.25. The molecule has 1 aliphatic rings. The summed E-state index contributed by atoms with van der Waals surface area (Å²) in [7, 11) is 0. The van der Waals surface area contributed by atoms with Crippen molar-refractivity contribution in [2.24, 2.45) is 0 Å². The van der Waals surface area contributed by atoms with Gasteiger partial charge >= 0.3 is 0 Å². The molecule has 1 unspecified atom stereocenters. The third-order valence-electron chi connectivity index (χ3n) is 3.02. The molecular formula is C13H19NO2S2. The zero-order valence-electron chi connectivity index (χ0n) is 10.6. The molecule has 1 fully saturated rings. The van der Waals surface area contributed by atoms with Gasteiger partial charge in [-0.25, -0.2) is 0 Å². The van der Waals surface area contributed by atoms with Crippen molar-refractivity contribution in [1.29, 1.82) is 0 Å². The Bertz CT molecular complexity index is 405. The molecule has 0 saturated carbocycles. The Labute approximate surface area is 118 Å². The molecule has 1 aliphatic heterocycles. The zero-order chi connectivity index (χ0) is 13.0. The molecule has 3 nitrogen and oxygen atoms in total. The van der Waals surface area contributed by atoms with Gasteiger partial charge in [-0.1, -0.05) is 6.92 Å². The molecule has 0 radical (unpaired) electrons. The molecule has 1 saturated heterocycles. The van der Waals surface area contributed by atoms with Crippen molar-refractivity contribution < 1.29 is 9.53 Å². The van der Waals surface area contributed by atoms with E-state index in [0.29, 0.717) is 0 Å². The lowest BCUT2D eigenvalue weighted by atomic mass is 10.1. The molecule has 0 aliphatic carbocycles. The summed E-state index contributed by atoms with van der Waals surface area (Å²) in [4.78, 5) is 15.8. The van der Waals surface area contributed by atoms with Crippen molar-refractivity contribution in [1.82, 2.24) is 4.90 Å². The first-order valence-corrected chi connectivity index (χ1v) is 7.71. The number of thiol groups is 1. The van der Waals surface area contributed by atoms with Gasteiger partial charge in [0.1, 0.15) is 0 Å². The predicted octanol–water partition coefficient (Wildman–Crippen LogP) is 3.07. The van der Waals surface area contributed by atoms with Crippen molar-refractivity contribution in [2.75, 3.05) is 19.7 Å². The largest absolute Gasteiger partial charge is 0.376 e. The highest BCUT2D eigenvalue weighted by Crippen LogP contribution is 2.22. The van der Waals surface area contributed by atoms with E-state index in [4.69, 9.17) is 4.74 Å². The Morgan fingerprint density at radius 2 is 2.50 bits per heavy atom. The van der Waals surface area contributed by atoms with Crippen LogP contribution in [0.1, 0.15) is 35.9 Å². The van der Waals surface area contributed by atoms with E-state index in [-0.39, 0.29) is 12.0 Å². The van der Waals surface area contributed by atoms with Gasteiger partial charge in [0.05, 0.1) is 11.0 Å². The van der Waals surface area contributed by atoms with Crippen LogP contribution in [0.3, 0.4) is 0 Å². The van der Waals surface area contributed by atoms with Gasteiger partial charge < -0.3 is 9.64 Å². The Balaban J connectivity index is 1.94. The van der Waals surface area contributed by atoms with Gasteiger partial charge in [0, 0.05) is 30.0 Å². The Morgan fingerprint density at radius 3 is 3.17 bits per heavy atom. The number of likely N-dealkylation sites (tertiary alicyclic amines) is 1. The van der Waals surface area contributed by atoms with Crippen molar-refractivity contribution in [3.63, 3.8) is 0 Å². The molecule has 1 aromatic rings. The minimum atomic E-state index is 0.116. The van der Waals surface area contributed by atoms with Crippen molar-refractivity contribution >= 4 is 29.9 Å². The van der Waals surface area contributed by atoms with Gasteiger partial charge in [0.2, 0.25) is 0 Å². The fourth-order valence-electron chi connectivity index (χ4n) is 2.14. The summed E-state index contributed by atoms with van der Waals surface area (Å²) in [5, 5.41) is 1.89. The Kier molecular flexibility index (Phi) is 5.09. The summed E-state index contributed by atoms with van der Waals surface area (Å²) in [5.74, 6) is 0.116. The molecule has 1 aromatic heterocycles. The number of hydrogen-bond donors (Lipinski definition) is 1. The second-order valence-electron chi connectivity index (χ2n) is 4.56. The number of thiophene rings is 1. The van der Waals surface area contributed by atoms with E-state index < -0.39 is 0 Å². The van der Waals surface area contributed by atoms with Crippen LogP contribution in [-0.4, -0.2) is 36.6 Å². The summed E-state index contributed by atoms with van der Waals surface area (Å²) < 4.78 is 5.75. The lowest BCUT2D eigenvalue weighted by Gasteiger charge is -2.32. The molecular weight excluding hydrogens is 266 g/mol. The van der Waals surface area contributed by atoms with Gasteiger partial charge in [-0.05, 0) is 25.3 Å². The molecule has 0 aromatic carbocycles. The Morgan fingerprint density at radius 1 is 1.67 bits per heavy atom. The molecule has 2 rings (SSSR count). The zero-order valence-corrected chi connectivity index (χ0v) is 12.3. The number of nitrogens with zero attached hydrogens (tertiary/aromatic N) is 1. The molecule has 0 bridgehead atoms. The topological polar surface area (TPSA) is 29.5 Å². The number of carbonyl (C=O) groups excluding carboxylic acids is 1. The molecule has 100 valence electrons. The number of ether oxygens (including phenoxy) is 1. The van der Waals surface area contributed by atoms with Crippen LogP contribution in [-0.2, 0) is 4.74 Å². The van der Waals surface area contributed by atoms with E-state index >= 15 is 0 Å². The first kappa shape index (κ1) is 13.9. The second-order valence-corrected chi connectivity index (χ2v) is 5.98. The third kappa shape index (κ3) is 3.49. The van der Waals surface area contributed by atoms with Crippen LogP contribution in [0.25, 0.3) is 0 Å². The lowest BCUT2D eigenvalue weighted by Crippen LogP contribution is -2.43. The van der Waals surface area contributed by atoms with Gasteiger partial charge in [-0.15, -0.1) is 24.0 Å². The molecule has 0 N–H and O–H groups in total. The van der Waals surface area contributed by atoms with Crippen LogP contribution in [0, 0.1) is 0 Å². The minimum Gasteiger partial charge on any atom is -0.376 e. The molecule has 18 heavy (non-hydrogen) atoms. The summed E-state index contributed by atoms with van der Waals surface area (Å²) >= 11 is 5.70. The number of amides is 1. The number of hydrogen-bond acceptors (Lipinski definition) is 4. The maximum Gasteiger partial charge on any atom is 0.264 e. The van der Waals surface area contributed by atoms with Gasteiger partial charge in [-0.2, -0.15) is 0 Å². The van der Waals surface area contributed by atoms with Crippen molar-refractivity contribution in [3.8, 4) is 0 Å². The normalized spacial score (nSPS) is 20.1. The van der Waals surface area contributed by atoms with Crippen LogP contribution < -0.4 is 0 Å². The lowest BCUT2D eigenvalue weighted by molar-refractivity contribution is 0.00227. The van der Waals surface area contributed by atoms with E-state index in [1.54, 1.807) is 0 Å². The first-order valence-electron chi connectivity index (χ1n) is 6.39. The minimum absolute atomic E-state index is 0.116. The van der Waals surface area contributed by atoms with Crippen LogP contribution >= 0.6 is 24.0 Å². The van der Waals surface area contributed by atoms with Crippen molar-refractivity contribution in [3.05, 3.63) is 16.3 Å². The van der Waals surface area contributed by atoms with Gasteiger partial charge in [0.15, 0.2) is 0 Å². The first-order chi connectivity index (χ1) is 8.70. The summed E-state index contributed by atoms with van der Waals surface area (Å²) in [6, 6.07) is 1.84. The highest BCUT2D eigenvalue weighted by molar-refractivity contribution is 7.80. The number of piperidine rings is 1. The molecule has 1 atom stereocenters. The van der Waals surface area contributed by atoms with Gasteiger partial charge in [-0.3, -0.25) is 4.79 Å².